The quantitative estimate of drug-likeness (QED) is 0.226. The first kappa shape index (κ1) is 35.6. The molecule has 0 amide bonds. The Kier molecular flexibility index (Phi) is 17.0. The summed E-state index contributed by atoms with van der Waals surface area (Å²) in [6.45, 7) is 19.6. The van der Waals surface area contributed by atoms with E-state index >= 15 is 0 Å². The van der Waals surface area contributed by atoms with Crippen LogP contribution in [-0.4, -0.2) is 11.7 Å². The number of rotatable bonds is 13. The SMILES string of the molecule is CC(C)=C/C=C/C(=C/C=C/C(C)=C/C=C/C(C)=C/C=C/C=C(C)/C=C/C=C(C)/C=C/C1=C(C)CCCC1(C)C)CO. The van der Waals surface area contributed by atoms with E-state index in [0.717, 1.165) is 11.1 Å². The second-order valence-corrected chi connectivity index (χ2v) is 11.9. The summed E-state index contributed by atoms with van der Waals surface area (Å²) in [5, 5.41) is 9.49. The lowest BCUT2D eigenvalue weighted by Gasteiger charge is -2.32. The van der Waals surface area contributed by atoms with Crippen LogP contribution in [0.5, 0.6) is 0 Å². The molecule has 1 N–H and O–H groups in total. The van der Waals surface area contributed by atoms with Gasteiger partial charge in [-0.1, -0.05) is 157 Å². The van der Waals surface area contributed by atoms with Gasteiger partial charge in [-0.2, -0.15) is 0 Å². The summed E-state index contributed by atoms with van der Waals surface area (Å²) in [5.41, 5.74) is 10.2. The lowest BCUT2D eigenvalue weighted by molar-refractivity contribution is 0.335. The Morgan fingerprint density at radius 3 is 1.59 bits per heavy atom. The zero-order valence-corrected chi connectivity index (χ0v) is 27.2. The molecule has 0 unspecified atom stereocenters. The number of aliphatic hydroxyl groups is 1. The highest BCUT2D eigenvalue weighted by atomic mass is 16.3. The molecule has 1 nitrogen and oxygen atoms in total. The van der Waals surface area contributed by atoms with Crippen molar-refractivity contribution in [3.63, 3.8) is 0 Å². The third kappa shape index (κ3) is 16.4. The minimum absolute atomic E-state index is 0.0219. The Morgan fingerprint density at radius 2 is 1.10 bits per heavy atom. The van der Waals surface area contributed by atoms with E-state index in [0.29, 0.717) is 0 Å². The number of hydrogen-bond acceptors (Lipinski definition) is 1. The van der Waals surface area contributed by atoms with Gasteiger partial charge in [0.1, 0.15) is 0 Å². The molecular formula is C40H54O. The van der Waals surface area contributed by atoms with Crippen molar-refractivity contribution in [3.05, 3.63) is 154 Å². The summed E-state index contributed by atoms with van der Waals surface area (Å²) in [5.74, 6) is 0. The molecule has 1 rings (SSSR count). The van der Waals surface area contributed by atoms with E-state index in [-0.39, 0.29) is 12.0 Å². The van der Waals surface area contributed by atoms with Crippen LogP contribution in [0, 0.1) is 5.41 Å². The van der Waals surface area contributed by atoms with Crippen LogP contribution in [-0.2, 0) is 0 Å². The molecule has 41 heavy (non-hydrogen) atoms. The molecule has 0 atom stereocenters. The van der Waals surface area contributed by atoms with E-state index in [1.807, 2.05) is 36.5 Å². The maximum atomic E-state index is 9.49. The summed E-state index contributed by atoms with van der Waals surface area (Å²) in [6, 6.07) is 0. The van der Waals surface area contributed by atoms with Crippen LogP contribution in [0.15, 0.2) is 154 Å². The Labute approximate surface area is 252 Å². The van der Waals surface area contributed by atoms with Crippen molar-refractivity contribution in [2.45, 2.75) is 81.6 Å². The Hall–Kier alpha value is -3.42. The number of allylic oxidation sites excluding steroid dienone is 24. The molecule has 0 radical (unpaired) electrons. The van der Waals surface area contributed by atoms with Gasteiger partial charge in [0.2, 0.25) is 0 Å². The summed E-state index contributed by atoms with van der Waals surface area (Å²) >= 11 is 0. The van der Waals surface area contributed by atoms with E-state index in [1.54, 1.807) is 0 Å². The van der Waals surface area contributed by atoms with Gasteiger partial charge < -0.3 is 5.11 Å². The predicted molar refractivity (Wildman–Crippen MR) is 185 cm³/mol. The van der Waals surface area contributed by atoms with Gasteiger partial charge in [-0.25, -0.2) is 0 Å². The van der Waals surface area contributed by atoms with Crippen molar-refractivity contribution in [2.24, 2.45) is 5.41 Å². The van der Waals surface area contributed by atoms with Crippen LogP contribution >= 0.6 is 0 Å². The first-order valence-electron chi connectivity index (χ1n) is 14.8. The normalized spacial score (nSPS) is 18.5. The lowest BCUT2D eigenvalue weighted by Crippen LogP contribution is -2.19. The smallest absolute Gasteiger partial charge is 0.0681 e. The van der Waals surface area contributed by atoms with Crippen LogP contribution in [0.4, 0.5) is 0 Å². The molecule has 0 spiro atoms. The van der Waals surface area contributed by atoms with Gasteiger partial charge in [-0.05, 0) is 84.3 Å². The minimum atomic E-state index is 0.0219. The lowest BCUT2D eigenvalue weighted by atomic mass is 9.72. The molecule has 1 aliphatic carbocycles. The van der Waals surface area contributed by atoms with Crippen molar-refractivity contribution >= 4 is 0 Å². The van der Waals surface area contributed by atoms with Crippen LogP contribution in [0.1, 0.15) is 81.6 Å². The molecule has 0 heterocycles. The van der Waals surface area contributed by atoms with Crippen LogP contribution < -0.4 is 0 Å². The Bertz CT molecular complexity index is 1240. The maximum Gasteiger partial charge on any atom is 0.0681 e. The monoisotopic (exact) mass is 550 g/mol. The number of hydrogen-bond donors (Lipinski definition) is 1. The van der Waals surface area contributed by atoms with Crippen molar-refractivity contribution in [3.8, 4) is 0 Å². The zero-order valence-electron chi connectivity index (χ0n) is 27.2. The summed E-state index contributed by atoms with van der Waals surface area (Å²) in [4.78, 5) is 0. The van der Waals surface area contributed by atoms with E-state index in [1.165, 1.54) is 52.7 Å². The molecule has 0 bridgehead atoms. The second kappa shape index (κ2) is 19.6. The average molecular weight is 551 g/mol. The zero-order chi connectivity index (χ0) is 30.7. The molecule has 0 aromatic heterocycles. The largest absolute Gasteiger partial charge is 0.392 e. The van der Waals surface area contributed by atoms with E-state index in [2.05, 4.69) is 135 Å². The summed E-state index contributed by atoms with van der Waals surface area (Å²) < 4.78 is 0. The molecule has 220 valence electrons. The van der Waals surface area contributed by atoms with E-state index in [9.17, 15) is 5.11 Å². The number of aliphatic hydroxyl groups excluding tert-OH is 1. The fraction of sp³-hybridized carbons (Fsp3) is 0.350. The molecule has 0 aliphatic heterocycles. The van der Waals surface area contributed by atoms with Gasteiger partial charge in [0, 0.05) is 0 Å². The van der Waals surface area contributed by atoms with Crippen molar-refractivity contribution in [1.82, 2.24) is 0 Å². The first-order chi connectivity index (χ1) is 19.4. The standard InChI is InChI=1S/C40H54O/c1-32(2)17-12-26-38(31-41)27-15-24-35(5)22-13-20-33(3)18-10-11-19-34(4)21-14-23-36(6)28-29-39-37(7)25-16-30-40(39,8)9/h10-15,17-24,26-29,41H,16,25,30-31H2,1-9H3/b11-10+,20-13+,21-14+,24-15+,26-12+,29-28+,33-18+,34-19+,35-22+,36-23+,38-27-. The van der Waals surface area contributed by atoms with Gasteiger partial charge >= 0.3 is 0 Å². The molecule has 1 heteroatoms. The highest BCUT2D eigenvalue weighted by Crippen LogP contribution is 2.40. The average Bonchev–Trinajstić information content (AvgIpc) is 2.89. The topological polar surface area (TPSA) is 20.2 Å². The molecule has 0 saturated heterocycles. The Morgan fingerprint density at radius 1 is 0.634 bits per heavy atom. The molecule has 0 aromatic rings. The van der Waals surface area contributed by atoms with Gasteiger partial charge in [0.25, 0.3) is 0 Å². The summed E-state index contributed by atoms with van der Waals surface area (Å²) in [6.07, 6.45) is 41.3. The van der Waals surface area contributed by atoms with Gasteiger partial charge in [0.05, 0.1) is 6.61 Å². The van der Waals surface area contributed by atoms with Gasteiger partial charge in [-0.15, -0.1) is 0 Å². The van der Waals surface area contributed by atoms with Crippen LogP contribution in [0.2, 0.25) is 0 Å². The molecule has 0 aromatic carbocycles. The molecule has 0 fully saturated rings. The Balaban J connectivity index is 2.64. The van der Waals surface area contributed by atoms with Crippen molar-refractivity contribution < 1.29 is 5.11 Å². The van der Waals surface area contributed by atoms with Gasteiger partial charge in [0.15, 0.2) is 0 Å². The van der Waals surface area contributed by atoms with E-state index in [4.69, 9.17) is 0 Å². The van der Waals surface area contributed by atoms with Crippen LogP contribution in [0.3, 0.4) is 0 Å². The van der Waals surface area contributed by atoms with E-state index < -0.39 is 0 Å². The fourth-order valence-corrected chi connectivity index (χ4v) is 4.41. The molecular weight excluding hydrogens is 496 g/mol. The summed E-state index contributed by atoms with van der Waals surface area (Å²) in [7, 11) is 0. The third-order valence-electron chi connectivity index (χ3n) is 6.91. The fourth-order valence-electron chi connectivity index (χ4n) is 4.41. The van der Waals surface area contributed by atoms with Crippen molar-refractivity contribution in [2.75, 3.05) is 6.61 Å². The van der Waals surface area contributed by atoms with Gasteiger partial charge in [-0.3, -0.25) is 0 Å². The first-order valence-corrected chi connectivity index (χ1v) is 14.8. The van der Waals surface area contributed by atoms with Crippen molar-refractivity contribution in [1.29, 1.82) is 0 Å². The maximum absolute atomic E-state index is 9.49. The predicted octanol–water partition coefficient (Wildman–Crippen LogP) is 11.5. The van der Waals surface area contributed by atoms with Crippen LogP contribution in [0.25, 0.3) is 0 Å². The second-order valence-electron chi connectivity index (χ2n) is 11.9. The third-order valence-corrected chi connectivity index (χ3v) is 6.91. The minimum Gasteiger partial charge on any atom is -0.392 e. The highest BCUT2D eigenvalue weighted by molar-refractivity contribution is 5.37. The molecule has 1 aliphatic rings. The molecule has 0 saturated carbocycles. The highest BCUT2D eigenvalue weighted by Gasteiger charge is 2.26.